The summed E-state index contributed by atoms with van der Waals surface area (Å²) in [6, 6.07) is 16.4. The molecule has 26 heavy (non-hydrogen) atoms. The summed E-state index contributed by atoms with van der Waals surface area (Å²) in [5.74, 6) is -0.168. The average molecular weight is 351 g/mol. The maximum atomic E-state index is 12.8. The van der Waals surface area contributed by atoms with Gasteiger partial charge in [-0.3, -0.25) is 4.79 Å². The topological polar surface area (TPSA) is 70.2 Å². The van der Waals surface area contributed by atoms with Crippen LogP contribution in [0.1, 0.15) is 37.4 Å². The number of para-hydroxylation sites is 1. The lowest BCUT2D eigenvalue weighted by Crippen LogP contribution is -2.51. The molecule has 136 valence electrons. The highest BCUT2D eigenvalue weighted by molar-refractivity contribution is 5.93. The van der Waals surface area contributed by atoms with Gasteiger partial charge in [-0.15, -0.1) is 0 Å². The molecule has 5 heteroatoms. The lowest BCUT2D eigenvalue weighted by atomic mass is 10.0. The number of amides is 3. The van der Waals surface area contributed by atoms with Crippen LogP contribution in [-0.2, 0) is 11.2 Å². The van der Waals surface area contributed by atoms with E-state index >= 15 is 0 Å². The maximum Gasteiger partial charge on any atom is 0.319 e. The molecule has 0 heterocycles. The molecule has 3 amide bonds. The van der Waals surface area contributed by atoms with Gasteiger partial charge >= 0.3 is 6.03 Å². The lowest BCUT2D eigenvalue weighted by Gasteiger charge is -2.24. The van der Waals surface area contributed by atoms with E-state index in [0.29, 0.717) is 5.69 Å². The molecule has 1 aliphatic carbocycles. The first-order valence-electron chi connectivity index (χ1n) is 9.05. The number of carbonyl (C=O) groups excluding carboxylic acids is 2. The van der Waals surface area contributed by atoms with Crippen molar-refractivity contribution in [2.45, 2.75) is 38.8 Å². The molecule has 1 aliphatic rings. The summed E-state index contributed by atoms with van der Waals surface area (Å²) in [7, 11) is 0. The van der Waals surface area contributed by atoms with Gasteiger partial charge in [-0.05, 0) is 42.0 Å². The fraction of sp³-hybridized carbons (Fsp3) is 0.333. The van der Waals surface area contributed by atoms with Crippen molar-refractivity contribution in [2.75, 3.05) is 5.32 Å². The van der Waals surface area contributed by atoms with Gasteiger partial charge in [0.2, 0.25) is 5.91 Å². The van der Waals surface area contributed by atoms with E-state index in [1.54, 1.807) is 12.1 Å². The standard InChI is InChI=1S/C21H25N3O2/c1-14(2)19(24-21(26)22-16-9-4-3-5-10-16)20(25)23-18-13-12-15-8-6-7-11-17(15)18/h3-11,14,18-19H,12-13H2,1-2H3,(H,23,25)(H2,22,24,26)/t18-,19+/m0/s1. The summed E-state index contributed by atoms with van der Waals surface area (Å²) in [5, 5.41) is 8.67. The van der Waals surface area contributed by atoms with Crippen LogP contribution in [0.15, 0.2) is 54.6 Å². The van der Waals surface area contributed by atoms with E-state index < -0.39 is 6.04 Å². The largest absolute Gasteiger partial charge is 0.347 e. The van der Waals surface area contributed by atoms with Crippen LogP contribution in [-0.4, -0.2) is 18.0 Å². The lowest BCUT2D eigenvalue weighted by molar-refractivity contribution is -0.124. The third-order valence-electron chi connectivity index (χ3n) is 4.72. The predicted octanol–water partition coefficient (Wildman–Crippen LogP) is 3.64. The zero-order chi connectivity index (χ0) is 18.5. The first-order valence-corrected chi connectivity index (χ1v) is 9.05. The summed E-state index contributed by atoms with van der Waals surface area (Å²) < 4.78 is 0. The van der Waals surface area contributed by atoms with Crippen molar-refractivity contribution in [3.05, 3.63) is 65.7 Å². The Bertz CT molecular complexity index is 774. The molecule has 0 fully saturated rings. The quantitative estimate of drug-likeness (QED) is 0.770. The van der Waals surface area contributed by atoms with Crippen LogP contribution >= 0.6 is 0 Å². The Labute approximate surface area is 154 Å². The number of hydrogen-bond acceptors (Lipinski definition) is 2. The Morgan fingerprint density at radius 2 is 1.69 bits per heavy atom. The molecule has 2 atom stereocenters. The van der Waals surface area contributed by atoms with Crippen molar-refractivity contribution < 1.29 is 9.59 Å². The van der Waals surface area contributed by atoms with Gasteiger partial charge < -0.3 is 16.0 Å². The average Bonchev–Trinajstić information content (AvgIpc) is 3.03. The molecule has 0 saturated carbocycles. The summed E-state index contributed by atoms with van der Waals surface area (Å²) in [6.45, 7) is 3.85. The highest BCUT2D eigenvalue weighted by Crippen LogP contribution is 2.30. The second-order valence-corrected chi connectivity index (χ2v) is 6.98. The number of benzene rings is 2. The van der Waals surface area contributed by atoms with Gasteiger partial charge in [0, 0.05) is 5.69 Å². The normalized spacial score (nSPS) is 16.7. The van der Waals surface area contributed by atoms with Gasteiger partial charge in [-0.1, -0.05) is 56.3 Å². The molecule has 0 unspecified atom stereocenters. The van der Waals surface area contributed by atoms with Crippen LogP contribution in [0.2, 0.25) is 0 Å². The number of hydrogen-bond donors (Lipinski definition) is 3. The second-order valence-electron chi connectivity index (χ2n) is 6.98. The van der Waals surface area contributed by atoms with E-state index in [-0.39, 0.29) is 23.9 Å². The number of rotatable bonds is 5. The van der Waals surface area contributed by atoms with E-state index in [9.17, 15) is 9.59 Å². The van der Waals surface area contributed by atoms with E-state index in [4.69, 9.17) is 0 Å². The molecule has 0 spiro atoms. The molecular weight excluding hydrogens is 326 g/mol. The van der Waals surface area contributed by atoms with E-state index in [1.807, 2.05) is 44.2 Å². The molecular formula is C21H25N3O2. The zero-order valence-electron chi connectivity index (χ0n) is 15.2. The number of aryl methyl sites for hydroxylation is 1. The molecule has 2 aromatic carbocycles. The first kappa shape index (κ1) is 18.0. The van der Waals surface area contributed by atoms with E-state index in [1.165, 1.54) is 11.1 Å². The Hall–Kier alpha value is -2.82. The Morgan fingerprint density at radius 3 is 2.42 bits per heavy atom. The molecule has 2 aromatic rings. The number of fused-ring (bicyclic) bond motifs is 1. The molecule has 0 bridgehead atoms. The number of urea groups is 1. The van der Waals surface area contributed by atoms with Gasteiger partial charge in [0.25, 0.3) is 0 Å². The molecule has 3 rings (SSSR count). The monoisotopic (exact) mass is 351 g/mol. The van der Waals surface area contributed by atoms with Crippen molar-refractivity contribution in [2.24, 2.45) is 5.92 Å². The smallest absolute Gasteiger partial charge is 0.319 e. The van der Waals surface area contributed by atoms with Gasteiger partial charge in [0.05, 0.1) is 6.04 Å². The van der Waals surface area contributed by atoms with Crippen molar-refractivity contribution >= 4 is 17.6 Å². The molecule has 0 aromatic heterocycles. The fourth-order valence-electron chi connectivity index (χ4n) is 3.33. The first-order chi connectivity index (χ1) is 12.5. The van der Waals surface area contributed by atoms with Crippen molar-refractivity contribution in [3.63, 3.8) is 0 Å². The predicted molar refractivity (Wildman–Crippen MR) is 103 cm³/mol. The number of carbonyl (C=O) groups is 2. The van der Waals surface area contributed by atoms with Gasteiger partial charge in [-0.2, -0.15) is 0 Å². The van der Waals surface area contributed by atoms with Crippen molar-refractivity contribution in [3.8, 4) is 0 Å². The minimum Gasteiger partial charge on any atom is -0.347 e. The van der Waals surface area contributed by atoms with Crippen LogP contribution in [0.4, 0.5) is 10.5 Å². The highest BCUT2D eigenvalue weighted by Gasteiger charge is 2.29. The van der Waals surface area contributed by atoms with Gasteiger partial charge in [-0.25, -0.2) is 4.79 Å². The third kappa shape index (κ3) is 4.23. The van der Waals surface area contributed by atoms with Crippen LogP contribution in [0.25, 0.3) is 0 Å². The van der Waals surface area contributed by atoms with Crippen LogP contribution in [0, 0.1) is 5.92 Å². The summed E-state index contributed by atoms with van der Waals surface area (Å²) in [5.41, 5.74) is 3.16. The summed E-state index contributed by atoms with van der Waals surface area (Å²) >= 11 is 0. The Morgan fingerprint density at radius 1 is 1.00 bits per heavy atom. The SMILES string of the molecule is CC(C)[C@@H](NC(=O)Nc1ccccc1)C(=O)N[C@H]1CCc2ccccc21. The van der Waals surface area contributed by atoms with Gasteiger partial charge in [0.1, 0.15) is 6.04 Å². The Balaban J connectivity index is 1.62. The molecule has 3 N–H and O–H groups in total. The summed E-state index contributed by atoms with van der Waals surface area (Å²) in [4.78, 5) is 25.0. The van der Waals surface area contributed by atoms with E-state index in [0.717, 1.165) is 12.8 Å². The van der Waals surface area contributed by atoms with Gasteiger partial charge in [0.15, 0.2) is 0 Å². The summed E-state index contributed by atoms with van der Waals surface area (Å²) in [6.07, 6.45) is 1.86. The van der Waals surface area contributed by atoms with Crippen molar-refractivity contribution in [1.82, 2.24) is 10.6 Å². The highest BCUT2D eigenvalue weighted by atomic mass is 16.2. The number of anilines is 1. The molecule has 0 aliphatic heterocycles. The van der Waals surface area contributed by atoms with Crippen LogP contribution in [0.5, 0.6) is 0 Å². The van der Waals surface area contributed by atoms with E-state index in [2.05, 4.69) is 28.1 Å². The maximum absolute atomic E-state index is 12.8. The zero-order valence-corrected chi connectivity index (χ0v) is 15.2. The molecule has 0 saturated heterocycles. The third-order valence-corrected chi connectivity index (χ3v) is 4.72. The minimum absolute atomic E-state index is 0.0129. The molecule has 5 nitrogen and oxygen atoms in total. The Kier molecular flexibility index (Phi) is 5.56. The number of nitrogens with one attached hydrogen (secondary N) is 3. The van der Waals surface area contributed by atoms with Crippen LogP contribution < -0.4 is 16.0 Å². The minimum atomic E-state index is -0.591. The molecule has 0 radical (unpaired) electrons. The van der Waals surface area contributed by atoms with Crippen LogP contribution in [0.3, 0.4) is 0 Å². The second kappa shape index (κ2) is 8.04. The fourth-order valence-corrected chi connectivity index (χ4v) is 3.33. The van der Waals surface area contributed by atoms with Crippen molar-refractivity contribution in [1.29, 1.82) is 0 Å².